The molecule has 0 spiro atoms. The topological polar surface area (TPSA) is 56.4 Å². The Bertz CT molecular complexity index is 846. The van der Waals surface area contributed by atoms with Crippen molar-refractivity contribution in [2.45, 2.75) is 26.4 Å². The Morgan fingerprint density at radius 2 is 2.00 bits per heavy atom. The lowest BCUT2D eigenvalue weighted by Gasteiger charge is -2.31. The van der Waals surface area contributed by atoms with E-state index in [4.69, 9.17) is 0 Å². The van der Waals surface area contributed by atoms with Crippen molar-refractivity contribution in [2.24, 2.45) is 11.8 Å². The average molecular weight is 351 g/mol. The molecule has 1 amide bonds. The van der Waals surface area contributed by atoms with Gasteiger partial charge in [0, 0.05) is 37.9 Å². The van der Waals surface area contributed by atoms with E-state index in [0.717, 1.165) is 37.2 Å². The number of H-pyrrole nitrogens is 1. The molecule has 0 bridgehead atoms. The van der Waals surface area contributed by atoms with E-state index < -0.39 is 0 Å². The molecule has 1 N–H and O–H groups in total. The standard InChI is InChI=1S/C21H25N3O2/c1-15-11-23(12-16-5-3-2-4-6-16)13-18(15)21(26)24-10-8-17-7-9-22-20(25)19(17)14-24/h2-7,9,15,18H,8,10-14H2,1H3,(H,22,25)/t15-,18-/m1/s1. The van der Waals surface area contributed by atoms with Crippen molar-refractivity contribution in [3.05, 3.63) is 69.6 Å². The fraction of sp³-hybridized carbons (Fsp3) is 0.429. The third-order valence-electron chi connectivity index (χ3n) is 5.73. The molecule has 1 fully saturated rings. The van der Waals surface area contributed by atoms with E-state index in [1.54, 1.807) is 6.20 Å². The van der Waals surface area contributed by atoms with Gasteiger partial charge in [-0.15, -0.1) is 0 Å². The normalized spacial score (nSPS) is 23.0. The van der Waals surface area contributed by atoms with Gasteiger partial charge in [0.2, 0.25) is 5.91 Å². The lowest BCUT2D eigenvalue weighted by atomic mass is 9.94. The van der Waals surface area contributed by atoms with Crippen LogP contribution in [0.2, 0.25) is 0 Å². The van der Waals surface area contributed by atoms with Gasteiger partial charge in [-0.1, -0.05) is 37.3 Å². The molecule has 4 rings (SSSR count). The smallest absolute Gasteiger partial charge is 0.253 e. The van der Waals surface area contributed by atoms with Crippen LogP contribution >= 0.6 is 0 Å². The molecule has 2 aliphatic heterocycles. The molecule has 0 unspecified atom stereocenters. The molecule has 0 radical (unpaired) electrons. The molecular formula is C21H25N3O2. The van der Waals surface area contributed by atoms with E-state index in [1.165, 1.54) is 5.56 Å². The van der Waals surface area contributed by atoms with Crippen LogP contribution in [0.3, 0.4) is 0 Å². The van der Waals surface area contributed by atoms with Crippen LogP contribution in [0.4, 0.5) is 0 Å². The number of carbonyl (C=O) groups excluding carboxylic acids is 1. The van der Waals surface area contributed by atoms with Crippen LogP contribution in [0, 0.1) is 11.8 Å². The van der Waals surface area contributed by atoms with Crippen molar-refractivity contribution in [1.82, 2.24) is 14.8 Å². The van der Waals surface area contributed by atoms with Gasteiger partial charge in [-0.2, -0.15) is 0 Å². The number of pyridine rings is 1. The zero-order valence-electron chi connectivity index (χ0n) is 15.1. The number of aromatic amines is 1. The molecule has 2 aromatic rings. The summed E-state index contributed by atoms with van der Waals surface area (Å²) in [6, 6.07) is 12.4. The Kier molecular flexibility index (Phi) is 4.64. The Labute approximate surface area is 153 Å². The molecule has 136 valence electrons. The van der Waals surface area contributed by atoms with Crippen molar-refractivity contribution in [3.8, 4) is 0 Å². The van der Waals surface area contributed by atoms with Crippen molar-refractivity contribution < 1.29 is 4.79 Å². The largest absolute Gasteiger partial charge is 0.338 e. The number of fused-ring (bicyclic) bond motifs is 1. The fourth-order valence-electron chi connectivity index (χ4n) is 4.27. The highest BCUT2D eigenvalue weighted by Gasteiger charge is 2.37. The van der Waals surface area contributed by atoms with Gasteiger partial charge in [-0.3, -0.25) is 14.5 Å². The Morgan fingerprint density at radius 3 is 2.81 bits per heavy atom. The molecule has 1 saturated heterocycles. The maximum atomic E-state index is 13.1. The number of hydrogen-bond acceptors (Lipinski definition) is 3. The van der Waals surface area contributed by atoms with E-state index >= 15 is 0 Å². The summed E-state index contributed by atoms with van der Waals surface area (Å²) in [5.41, 5.74) is 3.04. The zero-order valence-corrected chi connectivity index (χ0v) is 15.1. The summed E-state index contributed by atoms with van der Waals surface area (Å²) in [5.74, 6) is 0.548. The molecule has 2 atom stereocenters. The van der Waals surface area contributed by atoms with Crippen LogP contribution in [0.15, 0.2) is 47.4 Å². The molecule has 0 aliphatic carbocycles. The molecule has 26 heavy (non-hydrogen) atoms. The van der Waals surface area contributed by atoms with Gasteiger partial charge in [0.15, 0.2) is 0 Å². The van der Waals surface area contributed by atoms with Crippen LogP contribution in [-0.4, -0.2) is 40.3 Å². The predicted octanol–water partition coefficient (Wildman–Crippen LogP) is 2.03. The summed E-state index contributed by atoms with van der Waals surface area (Å²) < 4.78 is 0. The second-order valence-electron chi connectivity index (χ2n) is 7.58. The number of amides is 1. The first kappa shape index (κ1) is 17.0. The van der Waals surface area contributed by atoms with Gasteiger partial charge in [-0.25, -0.2) is 0 Å². The quantitative estimate of drug-likeness (QED) is 0.921. The number of hydrogen-bond donors (Lipinski definition) is 1. The van der Waals surface area contributed by atoms with Gasteiger partial charge in [-0.05, 0) is 29.5 Å². The average Bonchev–Trinajstić information content (AvgIpc) is 3.02. The van der Waals surface area contributed by atoms with Crippen LogP contribution < -0.4 is 5.56 Å². The second kappa shape index (κ2) is 7.08. The van der Waals surface area contributed by atoms with E-state index in [-0.39, 0.29) is 17.4 Å². The summed E-state index contributed by atoms with van der Waals surface area (Å²) in [6.45, 7) is 5.93. The third-order valence-corrected chi connectivity index (χ3v) is 5.73. The predicted molar refractivity (Wildman–Crippen MR) is 101 cm³/mol. The maximum Gasteiger partial charge on any atom is 0.253 e. The van der Waals surface area contributed by atoms with E-state index in [1.807, 2.05) is 17.0 Å². The molecule has 5 heteroatoms. The molecule has 5 nitrogen and oxygen atoms in total. The summed E-state index contributed by atoms with van der Waals surface area (Å²) in [6.07, 6.45) is 2.46. The lowest BCUT2D eigenvalue weighted by molar-refractivity contribution is -0.137. The first-order chi connectivity index (χ1) is 12.6. The minimum atomic E-state index is -0.0647. The van der Waals surface area contributed by atoms with Crippen molar-refractivity contribution in [1.29, 1.82) is 0 Å². The van der Waals surface area contributed by atoms with Crippen LogP contribution in [0.25, 0.3) is 0 Å². The first-order valence-electron chi connectivity index (χ1n) is 9.36. The van der Waals surface area contributed by atoms with Gasteiger partial charge in [0.25, 0.3) is 5.56 Å². The van der Waals surface area contributed by atoms with Gasteiger partial charge in [0.1, 0.15) is 0 Å². The van der Waals surface area contributed by atoms with Crippen molar-refractivity contribution in [2.75, 3.05) is 19.6 Å². The number of aromatic nitrogens is 1. The Morgan fingerprint density at radius 1 is 1.19 bits per heavy atom. The SMILES string of the molecule is C[C@@H]1CN(Cc2ccccc2)C[C@H]1C(=O)N1CCc2cc[nH]c(=O)c2C1. The number of rotatable bonds is 3. The molecule has 2 aliphatic rings. The molecule has 3 heterocycles. The van der Waals surface area contributed by atoms with Crippen molar-refractivity contribution >= 4 is 5.91 Å². The molecule has 1 aromatic heterocycles. The van der Waals surface area contributed by atoms with Crippen LogP contribution in [0.5, 0.6) is 0 Å². The molecule has 1 aromatic carbocycles. The number of benzene rings is 1. The summed E-state index contributed by atoms with van der Waals surface area (Å²) >= 11 is 0. The fourth-order valence-corrected chi connectivity index (χ4v) is 4.27. The lowest BCUT2D eigenvalue weighted by Crippen LogP contribution is -2.43. The minimum absolute atomic E-state index is 0.0167. The number of likely N-dealkylation sites (tertiary alicyclic amines) is 1. The van der Waals surface area contributed by atoms with Crippen LogP contribution in [0.1, 0.15) is 23.6 Å². The van der Waals surface area contributed by atoms with Gasteiger partial charge >= 0.3 is 0 Å². The summed E-state index contributed by atoms with van der Waals surface area (Å²) in [4.78, 5) is 32.2. The number of nitrogens with one attached hydrogen (secondary N) is 1. The highest BCUT2D eigenvalue weighted by Crippen LogP contribution is 2.28. The zero-order chi connectivity index (χ0) is 18.1. The highest BCUT2D eigenvalue weighted by atomic mass is 16.2. The third kappa shape index (κ3) is 3.31. The summed E-state index contributed by atoms with van der Waals surface area (Å²) in [7, 11) is 0. The van der Waals surface area contributed by atoms with E-state index in [0.29, 0.717) is 19.0 Å². The van der Waals surface area contributed by atoms with Gasteiger partial charge < -0.3 is 9.88 Å². The minimum Gasteiger partial charge on any atom is -0.338 e. The number of carbonyl (C=O) groups is 1. The van der Waals surface area contributed by atoms with Gasteiger partial charge in [0.05, 0.1) is 12.5 Å². The Balaban J connectivity index is 1.44. The monoisotopic (exact) mass is 351 g/mol. The van der Waals surface area contributed by atoms with E-state index in [2.05, 4.69) is 41.1 Å². The molecule has 0 saturated carbocycles. The van der Waals surface area contributed by atoms with Crippen molar-refractivity contribution in [3.63, 3.8) is 0 Å². The Hall–Kier alpha value is -2.40. The number of nitrogens with zero attached hydrogens (tertiary/aromatic N) is 2. The summed E-state index contributed by atoms with van der Waals surface area (Å²) in [5, 5.41) is 0. The van der Waals surface area contributed by atoms with E-state index in [9.17, 15) is 9.59 Å². The molecular weight excluding hydrogens is 326 g/mol. The first-order valence-corrected chi connectivity index (χ1v) is 9.36. The second-order valence-corrected chi connectivity index (χ2v) is 7.58. The van der Waals surface area contributed by atoms with Crippen LogP contribution in [-0.2, 0) is 24.3 Å². The maximum absolute atomic E-state index is 13.1. The highest BCUT2D eigenvalue weighted by molar-refractivity contribution is 5.80.